The number of hydrogen-bond acceptors (Lipinski definition) is 5. The van der Waals surface area contributed by atoms with E-state index >= 15 is 0 Å². The molecule has 1 amide bonds. The van der Waals surface area contributed by atoms with Gasteiger partial charge in [0.25, 0.3) is 5.56 Å². The fourth-order valence-corrected chi connectivity index (χ4v) is 4.85. The Morgan fingerprint density at radius 3 is 2.87 bits per heavy atom. The second kappa shape index (κ2) is 8.63. The van der Waals surface area contributed by atoms with Crippen molar-refractivity contribution in [3.8, 4) is 5.69 Å². The van der Waals surface area contributed by atoms with Crippen LogP contribution in [-0.2, 0) is 4.79 Å². The SMILES string of the molecule is CCCCCNC(=O)CC1CSc2nc3c(cnn3-c3ccc(C)c(C)c3)c(=O)n21. The molecule has 4 rings (SSSR count). The molecule has 2 aromatic heterocycles. The number of hydrogen-bond donors (Lipinski definition) is 1. The van der Waals surface area contributed by atoms with Gasteiger partial charge in [-0.05, 0) is 43.5 Å². The van der Waals surface area contributed by atoms with Crippen molar-refractivity contribution < 1.29 is 4.79 Å². The minimum absolute atomic E-state index is 0.0117. The van der Waals surface area contributed by atoms with Gasteiger partial charge in [0.05, 0.1) is 17.9 Å². The molecular weight excluding hydrogens is 398 g/mol. The van der Waals surface area contributed by atoms with Crippen molar-refractivity contribution in [2.75, 3.05) is 12.3 Å². The van der Waals surface area contributed by atoms with Gasteiger partial charge in [-0.2, -0.15) is 5.10 Å². The van der Waals surface area contributed by atoms with E-state index in [-0.39, 0.29) is 17.5 Å². The topological polar surface area (TPSA) is 81.8 Å². The molecule has 3 heterocycles. The molecule has 1 aliphatic rings. The summed E-state index contributed by atoms with van der Waals surface area (Å²) in [6.45, 7) is 6.94. The highest BCUT2D eigenvalue weighted by molar-refractivity contribution is 7.99. The Morgan fingerprint density at radius 1 is 1.27 bits per heavy atom. The maximum absolute atomic E-state index is 13.2. The highest BCUT2D eigenvalue weighted by Gasteiger charge is 2.29. The monoisotopic (exact) mass is 425 g/mol. The second-order valence-electron chi connectivity index (χ2n) is 7.86. The van der Waals surface area contributed by atoms with Gasteiger partial charge in [0.15, 0.2) is 10.8 Å². The minimum atomic E-state index is -0.175. The summed E-state index contributed by atoms with van der Waals surface area (Å²) in [6.07, 6.45) is 5.09. The molecule has 30 heavy (non-hydrogen) atoms. The third-order valence-corrected chi connectivity index (χ3v) is 6.73. The number of carbonyl (C=O) groups is 1. The van der Waals surface area contributed by atoms with Gasteiger partial charge in [-0.25, -0.2) is 9.67 Å². The Kier molecular flexibility index (Phi) is 5.94. The zero-order chi connectivity index (χ0) is 21.3. The number of aryl methyl sites for hydroxylation is 2. The zero-order valence-electron chi connectivity index (χ0n) is 17.6. The van der Waals surface area contributed by atoms with Crippen LogP contribution in [0, 0.1) is 13.8 Å². The summed E-state index contributed by atoms with van der Waals surface area (Å²) in [5.41, 5.74) is 3.69. The van der Waals surface area contributed by atoms with Crippen molar-refractivity contribution in [3.05, 3.63) is 45.9 Å². The number of nitrogens with one attached hydrogen (secondary N) is 1. The fraction of sp³-hybridized carbons (Fsp3) is 0.455. The number of fused-ring (bicyclic) bond motifs is 2. The summed E-state index contributed by atoms with van der Waals surface area (Å²) in [7, 11) is 0. The van der Waals surface area contributed by atoms with Crippen molar-refractivity contribution in [3.63, 3.8) is 0 Å². The molecule has 0 fully saturated rings. The number of rotatable bonds is 7. The lowest BCUT2D eigenvalue weighted by molar-refractivity contribution is -0.121. The minimum Gasteiger partial charge on any atom is -0.356 e. The molecule has 158 valence electrons. The number of aromatic nitrogens is 4. The highest BCUT2D eigenvalue weighted by Crippen LogP contribution is 2.33. The van der Waals surface area contributed by atoms with E-state index in [4.69, 9.17) is 4.98 Å². The number of benzene rings is 1. The Bertz CT molecular complexity index is 1150. The number of unbranched alkanes of at least 4 members (excludes halogenated alkanes) is 2. The molecule has 1 aromatic carbocycles. The fourth-order valence-electron chi connectivity index (χ4n) is 3.72. The first kappa shape index (κ1) is 20.7. The molecule has 1 unspecified atom stereocenters. The van der Waals surface area contributed by atoms with E-state index in [1.165, 1.54) is 17.3 Å². The van der Waals surface area contributed by atoms with Gasteiger partial charge in [-0.15, -0.1) is 0 Å². The van der Waals surface area contributed by atoms with Crippen LogP contribution in [0.2, 0.25) is 0 Å². The highest BCUT2D eigenvalue weighted by atomic mass is 32.2. The molecule has 0 saturated heterocycles. The molecule has 3 aromatic rings. The third-order valence-electron chi connectivity index (χ3n) is 5.63. The van der Waals surface area contributed by atoms with Gasteiger partial charge >= 0.3 is 0 Å². The Labute approximate surface area is 179 Å². The van der Waals surface area contributed by atoms with Crippen LogP contribution in [0.25, 0.3) is 16.7 Å². The van der Waals surface area contributed by atoms with Crippen LogP contribution in [0.3, 0.4) is 0 Å². The van der Waals surface area contributed by atoms with Crippen LogP contribution in [0.5, 0.6) is 0 Å². The molecule has 7 nitrogen and oxygen atoms in total. The predicted octanol–water partition coefficient (Wildman–Crippen LogP) is 3.54. The summed E-state index contributed by atoms with van der Waals surface area (Å²) >= 11 is 1.52. The van der Waals surface area contributed by atoms with Crippen LogP contribution < -0.4 is 10.9 Å². The lowest BCUT2D eigenvalue weighted by Crippen LogP contribution is -2.31. The molecule has 0 bridgehead atoms. The molecule has 0 radical (unpaired) electrons. The van der Waals surface area contributed by atoms with E-state index in [1.807, 2.05) is 18.2 Å². The van der Waals surface area contributed by atoms with Crippen molar-refractivity contribution in [2.24, 2.45) is 0 Å². The average Bonchev–Trinajstić information content (AvgIpc) is 3.32. The smallest absolute Gasteiger partial charge is 0.265 e. The first-order valence-corrected chi connectivity index (χ1v) is 11.5. The van der Waals surface area contributed by atoms with Crippen molar-refractivity contribution in [1.29, 1.82) is 0 Å². The lowest BCUT2D eigenvalue weighted by atomic mass is 10.1. The first-order chi connectivity index (χ1) is 14.5. The maximum Gasteiger partial charge on any atom is 0.265 e. The maximum atomic E-state index is 13.2. The van der Waals surface area contributed by atoms with E-state index in [9.17, 15) is 9.59 Å². The number of nitrogens with zero attached hydrogens (tertiary/aromatic N) is 4. The second-order valence-corrected chi connectivity index (χ2v) is 8.84. The van der Waals surface area contributed by atoms with Gasteiger partial charge in [0.1, 0.15) is 5.39 Å². The van der Waals surface area contributed by atoms with Crippen LogP contribution in [0.4, 0.5) is 0 Å². The largest absolute Gasteiger partial charge is 0.356 e. The number of carbonyl (C=O) groups excluding carboxylic acids is 1. The average molecular weight is 426 g/mol. The van der Waals surface area contributed by atoms with E-state index < -0.39 is 0 Å². The van der Waals surface area contributed by atoms with Crippen molar-refractivity contribution in [1.82, 2.24) is 24.6 Å². The molecule has 0 aliphatic carbocycles. The van der Waals surface area contributed by atoms with Crippen LogP contribution >= 0.6 is 11.8 Å². The summed E-state index contributed by atoms with van der Waals surface area (Å²) in [6, 6.07) is 5.90. The molecular formula is C22H27N5O2S. The van der Waals surface area contributed by atoms with Gasteiger partial charge in [-0.3, -0.25) is 14.2 Å². The van der Waals surface area contributed by atoms with E-state index in [0.717, 1.165) is 30.5 Å². The Hall–Kier alpha value is -2.61. The summed E-state index contributed by atoms with van der Waals surface area (Å²) in [5.74, 6) is 0.663. The number of thioether (sulfide) groups is 1. The quantitative estimate of drug-likeness (QED) is 0.462. The van der Waals surface area contributed by atoms with Crippen LogP contribution in [0.1, 0.15) is 49.8 Å². The standard InChI is InChI=1S/C22H27N5O2S/c1-4-5-6-9-23-19(28)11-17-13-30-22-25-20-18(21(29)26(17)22)12-24-27(20)16-8-7-14(2)15(3)10-16/h7-8,10,12,17H,4-6,9,11,13H2,1-3H3,(H,23,28). The van der Waals surface area contributed by atoms with Crippen molar-refractivity contribution >= 4 is 28.7 Å². The summed E-state index contributed by atoms with van der Waals surface area (Å²) < 4.78 is 3.39. The molecule has 0 saturated carbocycles. The van der Waals surface area contributed by atoms with E-state index in [2.05, 4.69) is 31.2 Å². The zero-order valence-corrected chi connectivity index (χ0v) is 18.5. The molecule has 1 N–H and O–H groups in total. The van der Waals surface area contributed by atoms with E-state index in [1.54, 1.807) is 15.4 Å². The molecule has 1 atom stereocenters. The number of amides is 1. The molecule has 0 spiro atoms. The Morgan fingerprint density at radius 2 is 2.10 bits per heavy atom. The lowest BCUT2D eigenvalue weighted by Gasteiger charge is -2.13. The molecule has 1 aliphatic heterocycles. The summed E-state index contributed by atoms with van der Waals surface area (Å²) in [5, 5.41) is 8.53. The third kappa shape index (κ3) is 3.88. The normalized spacial score (nSPS) is 15.5. The predicted molar refractivity (Wildman–Crippen MR) is 120 cm³/mol. The van der Waals surface area contributed by atoms with Crippen LogP contribution in [-0.4, -0.2) is 37.5 Å². The van der Waals surface area contributed by atoms with Gasteiger partial charge < -0.3 is 5.32 Å². The Balaban J connectivity index is 1.61. The first-order valence-electron chi connectivity index (χ1n) is 10.5. The summed E-state index contributed by atoms with van der Waals surface area (Å²) in [4.78, 5) is 30.3. The van der Waals surface area contributed by atoms with Crippen LogP contribution in [0.15, 0.2) is 34.3 Å². The van der Waals surface area contributed by atoms with Gasteiger partial charge in [0.2, 0.25) is 5.91 Å². The van der Waals surface area contributed by atoms with E-state index in [0.29, 0.717) is 34.9 Å². The van der Waals surface area contributed by atoms with Crippen molar-refractivity contribution in [2.45, 2.75) is 57.7 Å². The molecule has 8 heteroatoms. The van der Waals surface area contributed by atoms with Gasteiger partial charge in [0, 0.05) is 18.7 Å². The van der Waals surface area contributed by atoms with Gasteiger partial charge in [-0.1, -0.05) is 37.6 Å².